The van der Waals surface area contributed by atoms with E-state index >= 15 is 0 Å². The first kappa shape index (κ1) is 13.4. The van der Waals surface area contributed by atoms with Crippen LogP contribution in [0.3, 0.4) is 0 Å². The van der Waals surface area contributed by atoms with E-state index in [0.717, 1.165) is 5.56 Å². The van der Waals surface area contributed by atoms with Crippen molar-refractivity contribution in [1.29, 1.82) is 0 Å². The number of nitrogens with one attached hydrogen (secondary N) is 2. The van der Waals surface area contributed by atoms with Gasteiger partial charge in [-0.2, -0.15) is 0 Å². The summed E-state index contributed by atoms with van der Waals surface area (Å²) in [6.07, 6.45) is 0.473. The molecular formula is C13H16N3O3S. The molecule has 7 heteroatoms. The van der Waals surface area contributed by atoms with Gasteiger partial charge in [-0.15, -0.1) is 0 Å². The average molecular weight is 294 g/mol. The molecule has 0 spiro atoms. The van der Waals surface area contributed by atoms with Crippen molar-refractivity contribution in [1.82, 2.24) is 10.6 Å². The van der Waals surface area contributed by atoms with Crippen molar-refractivity contribution in [2.45, 2.75) is 12.5 Å². The van der Waals surface area contributed by atoms with E-state index in [-0.39, 0.29) is 23.5 Å². The normalized spacial score (nSPS) is 25.8. The second kappa shape index (κ2) is 4.75. The molecule has 20 heavy (non-hydrogen) atoms. The predicted molar refractivity (Wildman–Crippen MR) is 75.5 cm³/mol. The third kappa shape index (κ3) is 2.38. The van der Waals surface area contributed by atoms with Crippen LogP contribution in [-0.2, 0) is 21.1 Å². The van der Waals surface area contributed by atoms with Gasteiger partial charge in [-0.3, -0.25) is 9.69 Å². The highest BCUT2D eigenvalue weighted by Gasteiger charge is 2.35. The lowest BCUT2D eigenvalue weighted by Gasteiger charge is -2.36. The maximum absolute atomic E-state index is 12.2. The number of benzene rings is 1. The minimum atomic E-state index is -2.95. The van der Waals surface area contributed by atoms with Crippen molar-refractivity contribution in [3.63, 3.8) is 0 Å². The maximum atomic E-state index is 12.2. The van der Waals surface area contributed by atoms with Gasteiger partial charge in [0.05, 0.1) is 23.2 Å². The Bertz CT molecular complexity index is 643. The molecule has 2 heterocycles. The summed E-state index contributed by atoms with van der Waals surface area (Å²) in [6.45, 7) is 0.770. The number of carbonyl (C=O) groups is 1. The first-order valence-corrected chi connectivity index (χ1v) is 8.37. The van der Waals surface area contributed by atoms with Gasteiger partial charge < -0.3 is 11.1 Å². The largest absolute Gasteiger partial charge is 0.324 e. The SMILES string of the molecule is [NH]c1cccc2c1CC(N1CCS(=O)(=O)CC1)C(=O)N2. The predicted octanol–water partition coefficient (Wildman–Crippen LogP) is 0.195. The van der Waals surface area contributed by atoms with Crippen LogP contribution >= 0.6 is 0 Å². The maximum Gasteiger partial charge on any atom is 0.242 e. The molecule has 3 rings (SSSR count). The van der Waals surface area contributed by atoms with E-state index in [1.165, 1.54) is 0 Å². The van der Waals surface area contributed by atoms with Gasteiger partial charge in [-0.05, 0) is 12.1 Å². The number of sulfone groups is 1. The Morgan fingerprint density at radius 2 is 1.95 bits per heavy atom. The first-order valence-electron chi connectivity index (χ1n) is 6.55. The Labute approximate surface area is 117 Å². The summed E-state index contributed by atoms with van der Waals surface area (Å²) in [5.41, 5.74) is 9.85. The fourth-order valence-corrected chi connectivity index (χ4v) is 3.99. The summed E-state index contributed by atoms with van der Waals surface area (Å²) in [5, 5.41) is 2.82. The zero-order chi connectivity index (χ0) is 14.3. The second-order valence-corrected chi connectivity index (χ2v) is 7.53. The van der Waals surface area contributed by atoms with Gasteiger partial charge in [0, 0.05) is 30.8 Å². The molecule has 1 amide bonds. The second-order valence-electron chi connectivity index (χ2n) is 5.23. The van der Waals surface area contributed by atoms with Crippen LogP contribution in [0.5, 0.6) is 0 Å². The summed E-state index contributed by atoms with van der Waals surface area (Å²) in [7, 11) is -2.95. The van der Waals surface area contributed by atoms with Crippen molar-refractivity contribution in [2.24, 2.45) is 0 Å². The molecule has 1 radical (unpaired) electrons. The van der Waals surface area contributed by atoms with E-state index in [0.29, 0.717) is 30.9 Å². The summed E-state index contributed by atoms with van der Waals surface area (Å²) in [6, 6.07) is 4.87. The molecule has 1 saturated heterocycles. The molecule has 1 aromatic carbocycles. The molecule has 2 aliphatic heterocycles. The molecule has 1 unspecified atom stereocenters. The highest BCUT2D eigenvalue weighted by molar-refractivity contribution is 7.91. The van der Waals surface area contributed by atoms with Crippen LogP contribution in [0, 0.1) is 0 Å². The number of carbonyl (C=O) groups excluding carboxylic acids is 1. The van der Waals surface area contributed by atoms with Gasteiger partial charge in [0.25, 0.3) is 0 Å². The number of anilines is 1. The number of fused-ring (bicyclic) bond motifs is 1. The fourth-order valence-electron chi connectivity index (χ4n) is 2.76. The molecule has 0 aromatic heterocycles. The number of nitrogens with zero attached hydrogens (tertiary/aromatic N) is 1. The first-order chi connectivity index (χ1) is 9.46. The molecule has 0 saturated carbocycles. The van der Waals surface area contributed by atoms with Crippen molar-refractivity contribution in [2.75, 3.05) is 29.9 Å². The van der Waals surface area contributed by atoms with Crippen molar-refractivity contribution in [3.8, 4) is 0 Å². The summed E-state index contributed by atoms with van der Waals surface area (Å²) >= 11 is 0. The molecule has 107 valence electrons. The average Bonchev–Trinajstić information content (AvgIpc) is 2.39. The lowest BCUT2D eigenvalue weighted by atomic mass is 9.96. The Balaban J connectivity index is 1.82. The van der Waals surface area contributed by atoms with Gasteiger partial charge in [-0.1, -0.05) is 6.07 Å². The Morgan fingerprint density at radius 1 is 1.25 bits per heavy atom. The van der Waals surface area contributed by atoms with E-state index < -0.39 is 9.84 Å². The van der Waals surface area contributed by atoms with E-state index in [2.05, 4.69) is 5.32 Å². The zero-order valence-corrected chi connectivity index (χ0v) is 11.7. The van der Waals surface area contributed by atoms with E-state index in [4.69, 9.17) is 5.73 Å². The highest BCUT2D eigenvalue weighted by atomic mass is 32.2. The van der Waals surface area contributed by atoms with E-state index in [1.54, 1.807) is 18.2 Å². The minimum absolute atomic E-state index is 0.103. The van der Waals surface area contributed by atoms with Gasteiger partial charge in [0.1, 0.15) is 0 Å². The van der Waals surface area contributed by atoms with Gasteiger partial charge in [0.2, 0.25) is 5.91 Å². The summed E-state index contributed by atoms with van der Waals surface area (Å²) < 4.78 is 22.9. The Kier molecular flexibility index (Phi) is 3.18. The minimum Gasteiger partial charge on any atom is -0.324 e. The van der Waals surface area contributed by atoms with Crippen LogP contribution in [0.15, 0.2) is 18.2 Å². The molecule has 1 atom stereocenters. The molecule has 0 bridgehead atoms. The number of hydrogen-bond donors (Lipinski definition) is 1. The molecule has 2 aliphatic rings. The third-order valence-electron chi connectivity index (χ3n) is 3.95. The molecular weight excluding hydrogens is 278 g/mol. The molecule has 6 nitrogen and oxygen atoms in total. The van der Waals surface area contributed by atoms with E-state index in [9.17, 15) is 13.2 Å². The van der Waals surface area contributed by atoms with Crippen molar-refractivity contribution < 1.29 is 13.2 Å². The van der Waals surface area contributed by atoms with Crippen LogP contribution in [0.4, 0.5) is 11.4 Å². The smallest absolute Gasteiger partial charge is 0.242 e. The summed E-state index contributed by atoms with van der Waals surface area (Å²) in [5.74, 6) is 0.0978. The van der Waals surface area contributed by atoms with E-state index in [1.807, 2.05) is 4.90 Å². The zero-order valence-electron chi connectivity index (χ0n) is 10.9. The lowest BCUT2D eigenvalue weighted by Crippen LogP contribution is -2.53. The third-order valence-corrected chi connectivity index (χ3v) is 5.56. The van der Waals surface area contributed by atoms with Gasteiger partial charge in [0.15, 0.2) is 9.84 Å². The number of rotatable bonds is 1. The van der Waals surface area contributed by atoms with Crippen molar-refractivity contribution >= 4 is 27.1 Å². The highest BCUT2D eigenvalue weighted by Crippen LogP contribution is 2.30. The van der Waals surface area contributed by atoms with Crippen LogP contribution in [-0.4, -0.2) is 49.9 Å². The molecule has 0 aliphatic carbocycles. The Morgan fingerprint density at radius 3 is 2.65 bits per heavy atom. The van der Waals surface area contributed by atoms with Crippen LogP contribution in [0.25, 0.3) is 0 Å². The quantitative estimate of drug-likeness (QED) is 0.801. The molecule has 1 fully saturated rings. The number of amides is 1. The lowest BCUT2D eigenvalue weighted by molar-refractivity contribution is -0.121. The van der Waals surface area contributed by atoms with Crippen LogP contribution in [0.2, 0.25) is 0 Å². The van der Waals surface area contributed by atoms with Crippen LogP contribution < -0.4 is 11.1 Å². The Hall–Kier alpha value is -1.60. The topological polar surface area (TPSA) is 90.3 Å². The number of hydrogen-bond acceptors (Lipinski definition) is 4. The van der Waals surface area contributed by atoms with Crippen LogP contribution in [0.1, 0.15) is 5.56 Å². The molecule has 2 N–H and O–H groups in total. The standard InChI is InChI=1S/C13H16N3O3S/c14-10-2-1-3-11-9(10)8-12(13(17)15-11)16-4-6-20(18,19)7-5-16/h1-3,12,14H,4-8H2,(H,15,17). The van der Waals surface area contributed by atoms with Gasteiger partial charge >= 0.3 is 0 Å². The van der Waals surface area contributed by atoms with Crippen molar-refractivity contribution in [3.05, 3.63) is 23.8 Å². The fraction of sp³-hybridized carbons (Fsp3) is 0.462. The monoisotopic (exact) mass is 294 g/mol. The van der Waals surface area contributed by atoms with Gasteiger partial charge in [-0.25, -0.2) is 8.42 Å². The molecule has 1 aromatic rings. The summed E-state index contributed by atoms with van der Waals surface area (Å²) in [4.78, 5) is 14.1.